The number of rotatable bonds is 5. The van der Waals surface area contributed by atoms with Crippen molar-refractivity contribution in [2.45, 2.75) is 57.4 Å². The lowest BCUT2D eigenvalue weighted by molar-refractivity contribution is -0.122. The van der Waals surface area contributed by atoms with Crippen LogP contribution in [0, 0.1) is 5.92 Å². The summed E-state index contributed by atoms with van der Waals surface area (Å²) < 4.78 is 0. The zero-order chi connectivity index (χ0) is 11.2. The number of amides is 1. The van der Waals surface area contributed by atoms with Crippen LogP contribution in [0.5, 0.6) is 0 Å². The lowest BCUT2D eigenvalue weighted by atomic mass is 10.0. The van der Waals surface area contributed by atoms with E-state index in [2.05, 4.69) is 10.6 Å². The molecule has 0 spiro atoms. The maximum atomic E-state index is 11.7. The Morgan fingerprint density at radius 2 is 2.00 bits per heavy atom. The summed E-state index contributed by atoms with van der Waals surface area (Å²) in [6.07, 6.45) is 10.3. The average Bonchev–Trinajstić information content (AvgIpc) is 2.96. The molecule has 92 valence electrons. The van der Waals surface area contributed by atoms with Gasteiger partial charge in [-0.1, -0.05) is 25.7 Å². The highest BCUT2D eigenvalue weighted by atomic mass is 16.2. The van der Waals surface area contributed by atoms with Crippen molar-refractivity contribution >= 4 is 5.91 Å². The largest absolute Gasteiger partial charge is 0.355 e. The molecule has 3 nitrogen and oxygen atoms in total. The van der Waals surface area contributed by atoms with E-state index in [1.54, 1.807) is 0 Å². The van der Waals surface area contributed by atoms with Gasteiger partial charge < -0.3 is 10.6 Å². The van der Waals surface area contributed by atoms with E-state index in [-0.39, 0.29) is 11.9 Å². The normalized spacial score (nSPS) is 26.1. The minimum Gasteiger partial charge on any atom is -0.355 e. The fourth-order valence-electron chi connectivity index (χ4n) is 2.93. The number of carbonyl (C=O) groups excluding carboxylic acids is 1. The van der Waals surface area contributed by atoms with Crippen molar-refractivity contribution in [1.82, 2.24) is 10.6 Å². The van der Waals surface area contributed by atoms with Gasteiger partial charge in [-0.05, 0) is 38.1 Å². The Morgan fingerprint density at radius 1 is 1.19 bits per heavy atom. The molecule has 1 heterocycles. The average molecular weight is 224 g/mol. The van der Waals surface area contributed by atoms with Crippen LogP contribution in [-0.2, 0) is 4.79 Å². The van der Waals surface area contributed by atoms with Gasteiger partial charge in [0, 0.05) is 6.54 Å². The van der Waals surface area contributed by atoms with E-state index in [0.717, 1.165) is 38.3 Å². The predicted molar refractivity (Wildman–Crippen MR) is 65.2 cm³/mol. The maximum absolute atomic E-state index is 11.7. The third kappa shape index (κ3) is 3.48. The van der Waals surface area contributed by atoms with Crippen LogP contribution in [0.2, 0.25) is 0 Å². The minimum absolute atomic E-state index is 0.0893. The Kier molecular flexibility index (Phi) is 4.64. The van der Waals surface area contributed by atoms with Gasteiger partial charge in [0.05, 0.1) is 6.04 Å². The first-order valence-corrected chi connectivity index (χ1v) is 6.87. The Hall–Kier alpha value is -0.570. The molecule has 1 amide bonds. The summed E-state index contributed by atoms with van der Waals surface area (Å²) in [5, 5.41) is 6.27. The molecule has 2 aliphatic rings. The molecule has 2 fully saturated rings. The summed E-state index contributed by atoms with van der Waals surface area (Å²) in [5.41, 5.74) is 0. The van der Waals surface area contributed by atoms with Crippen LogP contribution >= 0.6 is 0 Å². The van der Waals surface area contributed by atoms with Gasteiger partial charge in [0.1, 0.15) is 0 Å². The molecule has 0 aromatic heterocycles. The highest BCUT2D eigenvalue weighted by Crippen LogP contribution is 2.28. The van der Waals surface area contributed by atoms with Gasteiger partial charge in [0.25, 0.3) is 0 Å². The van der Waals surface area contributed by atoms with E-state index in [0.29, 0.717) is 0 Å². The van der Waals surface area contributed by atoms with Crippen molar-refractivity contribution in [3.8, 4) is 0 Å². The molecule has 0 aromatic rings. The molecule has 16 heavy (non-hydrogen) atoms. The van der Waals surface area contributed by atoms with Crippen molar-refractivity contribution in [3.63, 3.8) is 0 Å². The molecule has 2 N–H and O–H groups in total. The van der Waals surface area contributed by atoms with Crippen LogP contribution in [0.15, 0.2) is 0 Å². The molecule has 1 saturated heterocycles. The van der Waals surface area contributed by atoms with E-state index < -0.39 is 0 Å². The molecule has 1 saturated carbocycles. The second kappa shape index (κ2) is 6.24. The number of hydrogen-bond acceptors (Lipinski definition) is 2. The molecule has 3 heteroatoms. The Labute approximate surface area is 98.4 Å². The van der Waals surface area contributed by atoms with Gasteiger partial charge in [-0.25, -0.2) is 0 Å². The summed E-state index contributed by atoms with van der Waals surface area (Å²) in [6, 6.07) is 0.0893. The van der Waals surface area contributed by atoms with Crippen LogP contribution in [0.3, 0.4) is 0 Å². The third-order valence-corrected chi connectivity index (χ3v) is 3.94. The number of hydrogen-bond donors (Lipinski definition) is 2. The van der Waals surface area contributed by atoms with E-state index in [1.165, 1.54) is 32.1 Å². The summed E-state index contributed by atoms with van der Waals surface area (Å²) in [4.78, 5) is 11.7. The van der Waals surface area contributed by atoms with Crippen molar-refractivity contribution in [3.05, 3.63) is 0 Å². The second-order valence-corrected chi connectivity index (χ2v) is 5.23. The van der Waals surface area contributed by atoms with E-state index in [4.69, 9.17) is 0 Å². The Balaban J connectivity index is 1.51. The van der Waals surface area contributed by atoms with Crippen molar-refractivity contribution in [1.29, 1.82) is 0 Å². The maximum Gasteiger partial charge on any atom is 0.237 e. The summed E-state index contributed by atoms with van der Waals surface area (Å²) >= 11 is 0. The highest BCUT2D eigenvalue weighted by molar-refractivity contribution is 5.81. The predicted octanol–water partition coefficient (Wildman–Crippen LogP) is 1.82. The molecule has 2 rings (SSSR count). The van der Waals surface area contributed by atoms with E-state index >= 15 is 0 Å². The standard InChI is InChI=1S/C13H24N2O/c16-13(12-8-4-9-14-12)15-10-3-7-11-5-1-2-6-11/h11-12,14H,1-10H2,(H,15,16)/t12-/m0/s1. The van der Waals surface area contributed by atoms with Crippen LogP contribution in [-0.4, -0.2) is 25.0 Å². The van der Waals surface area contributed by atoms with E-state index in [9.17, 15) is 4.79 Å². The molecular formula is C13H24N2O. The third-order valence-electron chi connectivity index (χ3n) is 3.94. The molecule has 0 radical (unpaired) electrons. The quantitative estimate of drug-likeness (QED) is 0.699. The van der Waals surface area contributed by atoms with Gasteiger partial charge in [0.15, 0.2) is 0 Å². The summed E-state index contributed by atoms with van der Waals surface area (Å²) in [6.45, 7) is 1.87. The SMILES string of the molecule is O=C(NCCCC1CCCC1)[C@@H]1CCCN1. The van der Waals surface area contributed by atoms with Crippen LogP contribution < -0.4 is 10.6 Å². The van der Waals surface area contributed by atoms with Crippen molar-refractivity contribution < 1.29 is 4.79 Å². The molecule has 1 atom stereocenters. The first-order chi connectivity index (χ1) is 7.86. The van der Waals surface area contributed by atoms with Crippen LogP contribution in [0.4, 0.5) is 0 Å². The fourth-order valence-corrected chi connectivity index (χ4v) is 2.93. The monoisotopic (exact) mass is 224 g/mol. The van der Waals surface area contributed by atoms with Gasteiger partial charge >= 0.3 is 0 Å². The van der Waals surface area contributed by atoms with Gasteiger partial charge in [-0.2, -0.15) is 0 Å². The Bertz CT molecular complexity index is 218. The van der Waals surface area contributed by atoms with Crippen LogP contribution in [0.1, 0.15) is 51.4 Å². The molecule has 0 bridgehead atoms. The van der Waals surface area contributed by atoms with Crippen molar-refractivity contribution in [2.24, 2.45) is 5.92 Å². The number of nitrogens with one attached hydrogen (secondary N) is 2. The smallest absolute Gasteiger partial charge is 0.237 e. The zero-order valence-electron chi connectivity index (χ0n) is 10.1. The number of carbonyl (C=O) groups is 1. The zero-order valence-corrected chi connectivity index (χ0v) is 10.1. The van der Waals surface area contributed by atoms with Gasteiger partial charge in [-0.3, -0.25) is 4.79 Å². The molecular weight excluding hydrogens is 200 g/mol. The lowest BCUT2D eigenvalue weighted by Gasteiger charge is -2.12. The van der Waals surface area contributed by atoms with Crippen LogP contribution in [0.25, 0.3) is 0 Å². The second-order valence-electron chi connectivity index (χ2n) is 5.23. The van der Waals surface area contributed by atoms with E-state index in [1.807, 2.05) is 0 Å². The van der Waals surface area contributed by atoms with Crippen molar-refractivity contribution in [2.75, 3.05) is 13.1 Å². The highest BCUT2D eigenvalue weighted by Gasteiger charge is 2.21. The molecule has 1 aliphatic carbocycles. The summed E-state index contributed by atoms with van der Waals surface area (Å²) in [7, 11) is 0. The fraction of sp³-hybridized carbons (Fsp3) is 0.923. The molecule has 0 aromatic carbocycles. The topological polar surface area (TPSA) is 41.1 Å². The first-order valence-electron chi connectivity index (χ1n) is 6.87. The molecule has 0 unspecified atom stereocenters. The summed E-state index contributed by atoms with van der Waals surface area (Å²) in [5.74, 6) is 1.16. The van der Waals surface area contributed by atoms with Gasteiger partial charge in [0.2, 0.25) is 5.91 Å². The minimum atomic E-state index is 0.0893. The van der Waals surface area contributed by atoms with Gasteiger partial charge in [-0.15, -0.1) is 0 Å². The lowest BCUT2D eigenvalue weighted by Crippen LogP contribution is -2.40. The molecule has 1 aliphatic heterocycles. The first kappa shape index (κ1) is 11.9. The Morgan fingerprint density at radius 3 is 2.69 bits per heavy atom.